The van der Waals surface area contributed by atoms with Gasteiger partial charge in [-0.2, -0.15) is 0 Å². The maximum Gasteiger partial charge on any atom is 0.248 e. The van der Waals surface area contributed by atoms with Crippen molar-refractivity contribution in [2.75, 3.05) is 5.32 Å². The Hall–Kier alpha value is -1.97. The molecule has 0 bridgehead atoms. The molecule has 102 valence electrons. The number of aromatic hydroxyl groups is 1. The van der Waals surface area contributed by atoms with E-state index in [1.807, 2.05) is 12.1 Å². The molecule has 0 spiro atoms. The molecule has 0 saturated carbocycles. The molecule has 3 nitrogen and oxygen atoms in total. The van der Waals surface area contributed by atoms with E-state index in [4.69, 9.17) is 23.2 Å². The number of hydrogen-bond donors (Lipinski definition) is 2. The third kappa shape index (κ3) is 4.02. The topological polar surface area (TPSA) is 49.3 Å². The predicted molar refractivity (Wildman–Crippen MR) is 82.2 cm³/mol. The smallest absolute Gasteiger partial charge is 0.248 e. The highest BCUT2D eigenvalue weighted by molar-refractivity contribution is 6.32. The molecule has 0 aliphatic heterocycles. The summed E-state index contributed by atoms with van der Waals surface area (Å²) in [6.45, 7) is 0. The molecule has 0 aromatic heterocycles. The molecule has 0 atom stereocenters. The van der Waals surface area contributed by atoms with Gasteiger partial charge in [-0.15, -0.1) is 0 Å². The Balaban J connectivity index is 2.01. The summed E-state index contributed by atoms with van der Waals surface area (Å²) >= 11 is 11.5. The predicted octanol–water partition coefficient (Wildman–Crippen LogP) is 4.35. The Morgan fingerprint density at radius 3 is 2.45 bits per heavy atom. The molecule has 2 N–H and O–H groups in total. The molecule has 0 aliphatic rings. The summed E-state index contributed by atoms with van der Waals surface area (Å²) in [5.74, 6) is -0.317. The number of carbonyl (C=O) groups excluding carboxylic acids is 1. The summed E-state index contributed by atoms with van der Waals surface area (Å²) < 4.78 is 0. The number of halogens is 2. The summed E-state index contributed by atoms with van der Waals surface area (Å²) in [6.07, 6.45) is 3.08. The third-order valence-electron chi connectivity index (χ3n) is 2.51. The summed E-state index contributed by atoms with van der Waals surface area (Å²) in [6, 6.07) is 11.6. The molecule has 5 heteroatoms. The standard InChI is InChI=1S/C15H11Cl2NO2/c16-11-4-1-10(2-5-11)3-8-15(20)18-12-6-7-14(19)13(17)9-12/h1-9,19H,(H,18,20)/b8-3+. The highest BCUT2D eigenvalue weighted by Gasteiger charge is 2.02. The molecule has 1 amide bonds. The van der Waals surface area contributed by atoms with Crippen molar-refractivity contribution in [1.82, 2.24) is 0 Å². The first-order chi connectivity index (χ1) is 9.54. The second-order valence-electron chi connectivity index (χ2n) is 4.04. The van der Waals surface area contributed by atoms with Crippen LogP contribution in [-0.2, 0) is 4.79 Å². The minimum absolute atomic E-state index is 0.0265. The average molecular weight is 308 g/mol. The van der Waals surface area contributed by atoms with Crippen molar-refractivity contribution in [2.24, 2.45) is 0 Å². The van der Waals surface area contributed by atoms with E-state index in [9.17, 15) is 9.90 Å². The van der Waals surface area contributed by atoms with Crippen LogP contribution in [0, 0.1) is 0 Å². The van der Waals surface area contributed by atoms with Gasteiger partial charge in [-0.1, -0.05) is 35.3 Å². The van der Waals surface area contributed by atoms with Crippen LogP contribution in [0.25, 0.3) is 6.08 Å². The molecular weight excluding hydrogens is 297 g/mol. The monoisotopic (exact) mass is 307 g/mol. The van der Waals surface area contributed by atoms with E-state index in [0.29, 0.717) is 10.7 Å². The van der Waals surface area contributed by atoms with E-state index in [1.54, 1.807) is 24.3 Å². The van der Waals surface area contributed by atoms with Crippen molar-refractivity contribution in [3.05, 3.63) is 64.1 Å². The van der Waals surface area contributed by atoms with Crippen LogP contribution in [0.15, 0.2) is 48.5 Å². The van der Waals surface area contributed by atoms with Gasteiger partial charge in [0.2, 0.25) is 5.91 Å². The molecule has 20 heavy (non-hydrogen) atoms. The minimum Gasteiger partial charge on any atom is -0.506 e. The number of carbonyl (C=O) groups is 1. The molecule has 0 saturated heterocycles. The fraction of sp³-hybridized carbons (Fsp3) is 0. The number of amides is 1. The third-order valence-corrected chi connectivity index (χ3v) is 3.07. The Kier molecular flexibility index (Phi) is 4.66. The van der Waals surface area contributed by atoms with Crippen molar-refractivity contribution in [2.45, 2.75) is 0 Å². The lowest BCUT2D eigenvalue weighted by Crippen LogP contribution is -2.07. The number of rotatable bonds is 3. The largest absolute Gasteiger partial charge is 0.506 e. The van der Waals surface area contributed by atoms with Gasteiger partial charge in [0.15, 0.2) is 0 Å². The molecule has 0 heterocycles. The van der Waals surface area contributed by atoms with Crippen molar-refractivity contribution in [3.63, 3.8) is 0 Å². The summed E-state index contributed by atoms with van der Waals surface area (Å²) in [7, 11) is 0. The molecule has 2 aromatic carbocycles. The van der Waals surface area contributed by atoms with E-state index in [1.165, 1.54) is 18.2 Å². The van der Waals surface area contributed by atoms with Gasteiger partial charge in [0.25, 0.3) is 0 Å². The number of nitrogens with one attached hydrogen (secondary N) is 1. The van der Waals surface area contributed by atoms with Crippen molar-refractivity contribution in [1.29, 1.82) is 0 Å². The molecule has 0 unspecified atom stereocenters. The highest BCUT2D eigenvalue weighted by atomic mass is 35.5. The fourth-order valence-corrected chi connectivity index (χ4v) is 1.82. The molecule has 0 fully saturated rings. The first-order valence-corrected chi connectivity index (χ1v) is 6.53. The van der Waals surface area contributed by atoms with E-state index in [0.717, 1.165) is 5.56 Å². The average Bonchev–Trinajstić information content (AvgIpc) is 2.42. The first-order valence-electron chi connectivity index (χ1n) is 5.78. The zero-order chi connectivity index (χ0) is 14.5. The van der Waals surface area contributed by atoms with Crippen molar-refractivity contribution in [3.8, 4) is 5.75 Å². The quantitative estimate of drug-likeness (QED) is 0.654. The Morgan fingerprint density at radius 2 is 1.80 bits per heavy atom. The van der Waals surface area contributed by atoms with Crippen LogP contribution in [0.1, 0.15) is 5.56 Å². The number of anilines is 1. The van der Waals surface area contributed by atoms with Crippen LogP contribution in [0.3, 0.4) is 0 Å². The van der Waals surface area contributed by atoms with Gasteiger partial charge in [0.05, 0.1) is 5.02 Å². The van der Waals surface area contributed by atoms with Gasteiger partial charge in [-0.05, 0) is 42.0 Å². The minimum atomic E-state index is -0.290. The molecule has 0 radical (unpaired) electrons. The lowest BCUT2D eigenvalue weighted by molar-refractivity contribution is -0.111. The van der Waals surface area contributed by atoms with E-state index < -0.39 is 0 Å². The van der Waals surface area contributed by atoms with Gasteiger partial charge in [0.1, 0.15) is 5.75 Å². The number of phenols is 1. The molecule has 2 rings (SSSR count). The van der Waals surface area contributed by atoms with Crippen LogP contribution in [-0.4, -0.2) is 11.0 Å². The number of benzene rings is 2. The zero-order valence-corrected chi connectivity index (χ0v) is 11.8. The van der Waals surface area contributed by atoms with E-state index >= 15 is 0 Å². The molecule has 2 aromatic rings. The second-order valence-corrected chi connectivity index (χ2v) is 4.88. The van der Waals surface area contributed by atoms with Gasteiger partial charge < -0.3 is 10.4 Å². The number of hydrogen-bond acceptors (Lipinski definition) is 2. The second kappa shape index (κ2) is 6.46. The van der Waals surface area contributed by atoms with Gasteiger partial charge in [-0.3, -0.25) is 4.79 Å². The number of phenolic OH excluding ortho intramolecular Hbond substituents is 1. The summed E-state index contributed by atoms with van der Waals surface area (Å²) in [4.78, 5) is 11.7. The van der Waals surface area contributed by atoms with Crippen LogP contribution in [0.4, 0.5) is 5.69 Å². The summed E-state index contributed by atoms with van der Waals surface area (Å²) in [5, 5.41) is 12.8. The van der Waals surface area contributed by atoms with Gasteiger partial charge in [-0.25, -0.2) is 0 Å². The van der Waals surface area contributed by atoms with Crippen LogP contribution >= 0.6 is 23.2 Å². The molecule has 0 aliphatic carbocycles. The van der Waals surface area contributed by atoms with E-state index in [-0.39, 0.29) is 16.7 Å². The Bertz CT molecular complexity index is 651. The first kappa shape index (κ1) is 14.4. The van der Waals surface area contributed by atoms with Crippen molar-refractivity contribution < 1.29 is 9.90 Å². The maximum absolute atomic E-state index is 11.7. The van der Waals surface area contributed by atoms with Gasteiger partial charge >= 0.3 is 0 Å². The Labute approximate surface area is 126 Å². The fourth-order valence-electron chi connectivity index (χ4n) is 1.51. The van der Waals surface area contributed by atoms with E-state index in [2.05, 4.69) is 5.32 Å². The highest BCUT2D eigenvalue weighted by Crippen LogP contribution is 2.26. The van der Waals surface area contributed by atoms with Crippen LogP contribution in [0.2, 0.25) is 10.0 Å². The summed E-state index contributed by atoms with van der Waals surface area (Å²) in [5.41, 5.74) is 1.38. The van der Waals surface area contributed by atoms with Crippen molar-refractivity contribution >= 4 is 40.9 Å². The lowest BCUT2D eigenvalue weighted by atomic mass is 10.2. The maximum atomic E-state index is 11.7. The van der Waals surface area contributed by atoms with Gasteiger partial charge in [0, 0.05) is 16.8 Å². The SMILES string of the molecule is O=C(/C=C/c1ccc(Cl)cc1)Nc1ccc(O)c(Cl)c1. The zero-order valence-electron chi connectivity index (χ0n) is 10.3. The lowest BCUT2D eigenvalue weighted by Gasteiger charge is -2.03. The van der Waals surface area contributed by atoms with Crippen LogP contribution in [0.5, 0.6) is 5.75 Å². The molecular formula is C15H11Cl2NO2. The Morgan fingerprint density at radius 1 is 1.10 bits per heavy atom. The normalized spacial score (nSPS) is 10.7. The van der Waals surface area contributed by atoms with Crippen LogP contribution < -0.4 is 5.32 Å².